The molecule has 0 bridgehead atoms. The molecule has 0 amide bonds. The molecule has 1 aromatic carbocycles. The second-order valence-electron chi connectivity index (χ2n) is 4.13. The molecule has 0 unspecified atom stereocenters. The summed E-state index contributed by atoms with van der Waals surface area (Å²) < 4.78 is 1.11. The molecule has 4 aromatic rings. The second kappa shape index (κ2) is 4.39. The van der Waals surface area contributed by atoms with Crippen LogP contribution < -0.4 is 5.32 Å². The quantitative estimate of drug-likeness (QED) is 0.555. The Hall–Kier alpha value is -2.25. The van der Waals surface area contributed by atoms with Gasteiger partial charge in [-0.3, -0.25) is 5.10 Å². The maximum Gasteiger partial charge on any atom is 0.226 e. The normalized spacial score (nSPS) is 11.2. The summed E-state index contributed by atoms with van der Waals surface area (Å²) in [5, 5.41) is 10.9. The Morgan fingerprint density at radius 2 is 2.20 bits per heavy atom. The van der Waals surface area contributed by atoms with Crippen LogP contribution in [0.5, 0.6) is 0 Å². The number of anilines is 2. The van der Waals surface area contributed by atoms with Crippen LogP contribution in [0.15, 0.2) is 29.9 Å². The van der Waals surface area contributed by atoms with E-state index in [9.17, 15) is 0 Å². The zero-order valence-electron chi connectivity index (χ0n) is 9.96. The van der Waals surface area contributed by atoms with Crippen LogP contribution in [0.25, 0.3) is 21.3 Å². The Kier molecular flexibility index (Phi) is 2.54. The molecule has 0 saturated carbocycles. The van der Waals surface area contributed by atoms with E-state index >= 15 is 0 Å². The van der Waals surface area contributed by atoms with Gasteiger partial charge in [-0.15, -0.1) is 11.3 Å². The molecule has 8 heteroatoms. The highest BCUT2D eigenvalue weighted by molar-refractivity contribution is 7.16. The molecule has 0 spiro atoms. The largest absolute Gasteiger partial charge is 0.339 e. The van der Waals surface area contributed by atoms with Crippen LogP contribution in [-0.4, -0.2) is 25.1 Å². The van der Waals surface area contributed by atoms with Crippen molar-refractivity contribution in [2.45, 2.75) is 0 Å². The molecule has 0 aliphatic carbocycles. The van der Waals surface area contributed by atoms with Crippen LogP contribution in [0.1, 0.15) is 0 Å². The highest BCUT2D eigenvalue weighted by atomic mass is 35.5. The van der Waals surface area contributed by atoms with E-state index in [-0.39, 0.29) is 5.28 Å². The van der Waals surface area contributed by atoms with Gasteiger partial charge in [-0.25, -0.2) is 4.98 Å². The van der Waals surface area contributed by atoms with Gasteiger partial charge in [-0.1, -0.05) is 0 Å². The molecular formula is C12H7ClN6S. The minimum atomic E-state index is 0.170. The third-order valence-electron chi connectivity index (χ3n) is 2.88. The van der Waals surface area contributed by atoms with Crippen molar-refractivity contribution < 1.29 is 0 Å². The number of halogens is 1. The van der Waals surface area contributed by atoms with E-state index in [0.29, 0.717) is 11.5 Å². The van der Waals surface area contributed by atoms with E-state index < -0.39 is 0 Å². The van der Waals surface area contributed by atoms with Gasteiger partial charge in [0, 0.05) is 5.69 Å². The number of nitrogens with zero attached hydrogens (tertiary/aromatic N) is 4. The summed E-state index contributed by atoms with van der Waals surface area (Å²) in [4.78, 5) is 12.5. The van der Waals surface area contributed by atoms with Gasteiger partial charge in [0.15, 0.2) is 5.65 Å². The number of H-pyrrole nitrogens is 1. The average molecular weight is 303 g/mol. The molecule has 0 aliphatic heterocycles. The predicted octanol–water partition coefficient (Wildman–Crippen LogP) is 3.36. The Labute approximate surface area is 121 Å². The lowest BCUT2D eigenvalue weighted by Gasteiger charge is -2.06. The Bertz CT molecular complexity index is 915. The van der Waals surface area contributed by atoms with Crippen molar-refractivity contribution in [2.75, 3.05) is 5.32 Å². The van der Waals surface area contributed by atoms with Crippen LogP contribution in [0, 0.1) is 0 Å². The number of fused-ring (bicyclic) bond motifs is 2. The van der Waals surface area contributed by atoms with Crippen LogP contribution in [0.2, 0.25) is 5.28 Å². The molecule has 3 heterocycles. The van der Waals surface area contributed by atoms with Crippen LogP contribution in [-0.2, 0) is 0 Å². The fourth-order valence-corrected chi connectivity index (χ4v) is 2.86. The fourth-order valence-electron chi connectivity index (χ4n) is 1.97. The number of aromatic nitrogens is 5. The first-order valence-electron chi connectivity index (χ1n) is 5.76. The fraction of sp³-hybridized carbons (Fsp3) is 0. The van der Waals surface area contributed by atoms with Crippen molar-refractivity contribution in [3.8, 4) is 0 Å². The van der Waals surface area contributed by atoms with Crippen molar-refractivity contribution in [1.82, 2.24) is 25.1 Å². The number of benzene rings is 1. The van der Waals surface area contributed by atoms with E-state index in [1.807, 2.05) is 23.7 Å². The lowest BCUT2D eigenvalue weighted by Crippen LogP contribution is -1.96. The first-order valence-corrected chi connectivity index (χ1v) is 7.02. The minimum absolute atomic E-state index is 0.170. The monoisotopic (exact) mass is 302 g/mol. The summed E-state index contributed by atoms with van der Waals surface area (Å²) in [6.07, 6.45) is 1.67. The number of hydrogen-bond acceptors (Lipinski definition) is 6. The summed E-state index contributed by atoms with van der Waals surface area (Å²) in [6.45, 7) is 0. The molecule has 0 atom stereocenters. The third kappa shape index (κ3) is 1.87. The van der Waals surface area contributed by atoms with E-state index in [2.05, 4.69) is 30.5 Å². The van der Waals surface area contributed by atoms with Gasteiger partial charge in [-0.2, -0.15) is 15.1 Å². The highest BCUT2D eigenvalue weighted by Gasteiger charge is 2.09. The van der Waals surface area contributed by atoms with Gasteiger partial charge >= 0.3 is 0 Å². The van der Waals surface area contributed by atoms with Crippen LogP contribution in [0.3, 0.4) is 0 Å². The van der Waals surface area contributed by atoms with Gasteiger partial charge in [0.05, 0.1) is 27.3 Å². The third-order valence-corrected chi connectivity index (χ3v) is 3.84. The van der Waals surface area contributed by atoms with E-state index in [4.69, 9.17) is 11.6 Å². The molecule has 2 N–H and O–H groups in total. The number of hydrogen-bond donors (Lipinski definition) is 2. The maximum absolute atomic E-state index is 5.91. The van der Waals surface area contributed by atoms with E-state index in [1.54, 1.807) is 17.5 Å². The molecule has 4 rings (SSSR count). The van der Waals surface area contributed by atoms with Crippen LogP contribution in [0.4, 0.5) is 11.5 Å². The topological polar surface area (TPSA) is 79.4 Å². The summed E-state index contributed by atoms with van der Waals surface area (Å²) in [5.74, 6) is 0.623. The zero-order chi connectivity index (χ0) is 13.5. The number of thiazole rings is 1. The first-order chi connectivity index (χ1) is 9.79. The van der Waals surface area contributed by atoms with Crippen molar-refractivity contribution in [1.29, 1.82) is 0 Å². The molecule has 0 radical (unpaired) electrons. The predicted molar refractivity (Wildman–Crippen MR) is 79.6 cm³/mol. The average Bonchev–Trinajstić information content (AvgIpc) is 3.05. The van der Waals surface area contributed by atoms with Gasteiger partial charge in [0.25, 0.3) is 0 Å². The van der Waals surface area contributed by atoms with Crippen molar-refractivity contribution in [2.24, 2.45) is 0 Å². The molecule has 0 aliphatic rings. The Morgan fingerprint density at radius 3 is 3.15 bits per heavy atom. The SMILES string of the molecule is Clc1nc(Nc2ccc3ncsc3c2)c2cn[nH]c2n1. The molecular weight excluding hydrogens is 296 g/mol. The second-order valence-corrected chi connectivity index (χ2v) is 5.36. The van der Waals surface area contributed by atoms with Crippen molar-refractivity contribution >= 4 is 55.7 Å². The number of rotatable bonds is 2. The molecule has 3 aromatic heterocycles. The summed E-state index contributed by atoms with van der Waals surface area (Å²) >= 11 is 7.50. The summed E-state index contributed by atoms with van der Waals surface area (Å²) in [6, 6.07) is 5.93. The Morgan fingerprint density at radius 1 is 1.25 bits per heavy atom. The lowest BCUT2D eigenvalue weighted by molar-refractivity contribution is 1.09. The van der Waals surface area contributed by atoms with Crippen molar-refractivity contribution in [3.05, 3.63) is 35.2 Å². The van der Waals surface area contributed by atoms with Gasteiger partial charge < -0.3 is 5.32 Å². The lowest BCUT2D eigenvalue weighted by atomic mass is 10.3. The number of aromatic amines is 1. The van der Waals surface area contributed by atoms with Crippen molar-refractivity contribution in [3.63, 3.8) is 0 Å². The smallest absolute Gasteiger partial charge is 0.226 e. The standard InChI is InChI=1S/C12H7ClN6S/c13-12-17-10(7-4-15-19-11(7)18-12)16-6-1-2-8-9(3-6)20-5-14-8/h1-5H,(H2,15,16,17,18,19). The zero-order valence-corrected chi connectivity index (χ0v) is 11.5. The summed E-state index contributed by atoms with van der Waals surface area (Å²) in [5.41, 5.74) is 4.32. The first kappa shape index (κ1) is 11.6. The molecule has 98 valence electrons. The highest BCUT2D eigenvalue weighted by Crippen LogP contribution is 2.27. The minimum Gasteiger partial charge on any atom is -0.339 e. The maximum atomic E-state index is 5.91. The van der Waals surface area contributed by atoms with E-state index in [0.717, 1.165) is 21.3 Å². The van der Waals surface area contributed by atoms with E-state index in [1.165, 1.54) is 0 Å². The summed E-state index contributed by atoms with van der Waals surface area (Å²) in [7, 11) is 0. The molecule has 0 fully saturated rings. The molecule has 0 saturated heterocycles. The van der Waals surface area contributed by atoms with Gasteiger partial charge in [0.1, 0.15) is 5.82 Å². The van der Waals surface area contributed by atoms with Gasteiger partial charge in [0.2, 0.25) is 5.28 Å². The Balaban J connectivity index is 1.81. The molecule has 6 nitrogen and oxygen atoms in total. The number of nitrogens with one attached hydrogen (secondary N) is 2. The van der Waals surface area contributed by atoms with Crippen LogP contribution >= 0.6 is 22.9 Å². The van der Waals surface area contributed by atoms with Gasteiger partial charge in [-0.05, 0) is 29.8 Å². The molecule has 20 heavy (non-hydrogen) atoms.